The van der Waals surface area contributed by atoms with Crippen molar-refractivity contribution in [1.82, 2.24) is 0 Å². The fraction of sp³-hybridized carbons (Fsp3) is 0.200. The molecular formula is C15H17I. The summed E-state index contributed by atoms with van der Waals surface area (Å²) in [6.45, 7) is 12.4. The molecule has 1 heteroatoms. The highest BCUT2D eigenvalue weighted by Gasteiger charge is 2.05. The summed E-state index contributed by atoms with van der Waals surface area (Å²) < 4.78 is 0.941. The first-order valence-corrected chi connectivity index (χ1v) is 6.76. The maximum Gasteiger partial charge on any atom is 0.0247 e. The lowest BCUT2D eigenvalue weighted by atomic mass is 9.96. The highest BCUT2D eigenvalue weighted by atomic mass is 127. The molecule has 0 spiro atoms. The molecular weight excluding hydrogens is 307 g/mol. The molecule has 1 aromatic rings. The first-order chi connectivity index (χ1) is 7.56. The number of alkyl halides is 1. The Kier molecular flexibility index (Phi) is 5.00. The van der Waals surface area contributed by atoms with Gasteiger partial charge in [-0.05, 0) is 36.1 Å². The quantitative estimate of drug-likeness (QED) is 0.410. The van der Waals surface area contributed by atoms with Crippen LogP contribution in [0.25, 0.3) is 11.1 Å². The molecule has 0 nitrogen and oxygen atoms in total. The van der Waals surface area contributed by atoms with Crippen molar-refractivity contribution < 1.29 is 0 Å². The summed E-state index contributed by atoms with van der Waals surface area (Å²) in [4.78, 5) is 0. The Morgan fingerprint density at radius 3 is 2.25 bits per heavy atom. The van der Waals surface area contributed by atoms with E-state index in [9.17, 15) is 0 Å². The number of allylic oxidation sites excluding steroid dienone is 4. The van der Waals surface area contributed by atoms with Gasteiger partial charge in [0, 0.05) is 4.43 Å². The zero-order chi connectivity index (χ0) is 12.1. The van der Waals surface area contributed by atoms with Crippen LogP contribution in [0.1, 0.15) is 25.0 Å². The minimum absolute atomic E-state index is 0.941. The van der Waals surface area contributed by atoms with Crippen molar-refractivity contribution in [1.29, 1.82) is 0 Å². The number of rotatable bonds is 4. The Bertz CT molecular complexity index is 435. The van der Waals surface area contributed by atoms with Crippen LogP contribution in [0.4, 0.5) is 0 Å². The van der Waals surface area contributed by atoms with Crippen molar-refractivity contribution in [3.8, 4) is 0 Å². The Morgan fingerprint density at radius 1 is 1.19 bits per heavy atom. The van der Waals surface area contributed by atoms with E-state index in [1.807, 2.05) is 12.1 Å². The van der Waals surface area contributed by atoms with Crippen molar-refractivity contribution in [2.24, 2.45) is 0 Å². The second kappa shape index (κ2) is 6.04. The lowest BCUT2D eigenvalue weighted by Crippen LogP contribution is -1.91. The normalized spacial score (nSPS) is 9.69. The van der Waals surface area contributed by atoms with Gasteiger partial charge >= 0.3 is 0 Å². The minimum Gasteiger partial charge on any atom is -0.0944 e. The number of benzene rings is 1. The van der Waals surface area contributed by atoms with Gasteiger partial charge in [-0.3, -0.25) is 0 Å². The van der Waals surface area contributed by atoms with Crippen LogP contribution in [0.15, 0.2) is 49.1 Å². The lowest BCUT2D eigenvalue weighted by molar-refractivity contribution is 1.39. The van der Waals surface area contributed by atoms with Gasteiger partial charge in [0.15, 0.2) is 0 Å². The van der Waals surface area contributed by atoms with Gasteiger partial charge in [-0.15, -0.1) is 0 Å². The maximum absolute atomic E-state index is 4.12. The highest BCUT2D eigenvalue weighted by Crippen LogP contribution is 2.26. The van der Waals surface area contributed by atoms with Gasteiger partial charge in [-0.2, -0.15) is 0 Å². The summed E-state index contributed by atoms with van der Waals surface area (Å²) in [5, 5.41) is 0. The third-order valence-corrected chi connectivity index (χ3v) is 3.20. The zero-order valence-corrected chi connectivity index (χ0v) is 12.0. The molecule has 0 aliphatic rings. The second-order valence-electron chi connectivity index (χ2n) is 4.03. The molecule has 1 rings (SSSR count). The molecule has 0 atom stereocenters. The van der Waals surface area contributed by atoms with Crippen molar-refractivity contribution in [3.63, 3.8) is 0 Å². The first-order valence-electron chi connectivity index (χ1n) is 5.23. The van der Waals surface area contributed by atoms with Gasteiger partial charge in [0.1, 0.15) is 0 Å². The van der Waals surface area contributed by atoms with E-state index in [1.54, 1.807) is 0 Å². The van der Waals surface area contributed by atoms with Gasteiger partial charge in [0.2, 0.25) is 0 Å². The van der Waals surface area contributed by atoms with Crippen LogP contribution in [-0.4, -0.2) is 4.43 Å². The fourth-order valence-electron chi connectivity index (χ4n) is 1.57. The lowest BCUT2D eigenvalue weighted by Gasteiger charge is -2.10. The summed E-state index contributed by atoms with van der Waals surface area (Å²) in [6.07, 6.45) is 2.11. The van der Waals surface area contributed by atoms with Crippen LogP contribution < -0.4 is 0 Å². The fourth-order valence-corrected chi connectivity index (χ4v) is 1.98. The smallest absolute Gasteiger partial charge is 0.0247 e. The van der Waals surface area contributed by atoms with Gasteiger partial charge in [-0.25, -0.2) is 0 Å². The standard InChI is InChI=1S/C15H17I/c1-11(2)9-12(3)14-7-5-6-8-15(14)13(4)10-16/h5-9H,3-4,10H2,1-2H3. The summed E-state index contributed by atoms with van der Waals surface area (Å²) in [6, 6.07) is 8.31. The summed E-state index contributed by atoms with van der Waals surface area (Å²) >= 11 is 2.34. The number of hydrogen-bond donors (Lipinski definition) is 0. The van der Waals surface area contributed by atoms with E-state index in [0.29, 0.717) is 0 Å². The molecule has 0 unspecified atom stereocenters. The van der Waals surface area contributed by atoms with Crippen molar-refractivity contribution in [3.05, 3.63) is 60.2 Å². The first kappa shape index (κ1) is 13.2. The van der Waals surface area contributed by atoms with Crippen LogP contribution >= 0.6 is 22.6 Å². The largest absolute Gasteiger partial charge is 0.0944 e. The molecule has 0 fully saturated rings. The number of hydrogen-bond acceptors (Lipinski definition) is 0. The zero-order valence-electron chi connectivity index (χ0n) is 9.89. The topological polar surface area (TPSA) is 0 Å². The second-order valence-corrected chi connectivity index (χ2v) is 4.79. The van der Waals surface area contributed by atoms with Crippen LogP contribution in [-0.2, 0) is 0 Å². The summed E-state index contributed by atoms with van der Waals surface area (Å²) in [5.74, 6) is 0. The average molecular weight is 324 g/mol. The van der Waals surface area contributed by atoms with E-state index in [1.165, 1.54) is 16.7 Å². The molecule has 0 bridgehead atoms. The van der Waals surface area contributed by atoms with E-state index in [4.69, 9.17) is 0 Å². The van der Waals surface area contributed by atoms with Crippen molar-refractivity contribution in [2.45, 2.75) is 13.8 Å². The van der Waals surface area contributed by atoms with E-state index >= 15 is 0 Å². The number of halogens is 1. The summed E-state index contributed by atoms with van der Waals surface area (Å²) in [5.41, 5.74) is 5.87. The molecule has 0 heterocycles. The van der Waals surface area contributed by atoms with Gasteiger partial charge in [-0.1, -0.05) is 71.7 Å². The third kappa shape index (κ3) is 3.34. The Labute approximate surface area is 112 Å². The molecule has 0 radical (unpaired) electrons. The van der Waals surface area contributed by atoms with Crippen molar-refractivity contribution in [2.75, 3.05) is 4.43 Å². The Balaban J connectivity index is 3.18. The van der Waals surface area contributed by atoms with Gasteiger partial charge < -0.3 is 0 Å². The third-order valence-electron chi connectivity index (χ3n) is 2.28. The molecule has 84 valence electrons. The molecule has 0 aromatic heterocycles. The maximum atomic E-state index is 4.12. The molecule has 0 aliphatic carbocycles. The molecule has 0 amide bonds. The SMILES string of the molecule is C=C(C=C(C)C)c1ccccc1C(=C)CI. The Hall–Kier alpha value is -0.830. The highest BCUT2D eigenvalue weighted by molar-refractivity contribution is 14.1. The molecule has 1 aromatic carbocycles. The van der Waals surface area contributed by atoms with Crippen LogP contribution in [0.5, 0.6) is 0 Å². The average Bonchev–Trinajstić information content (AvgIpc) is 2.27. The van der Waals surface area contributed by atoms with E-state index in [0.717, 1.165) is 15.6 Å². The van der Waals surface area contributed by atoms with Crippen molar-refractivity contribution >= 4 is 33.7 Å². The van der Waals surface area contributed by atoms with E-state index in [2.05, 4.69) is 67.8 Å². The van der Waals surface area contributed by atoms with E-state index in [-0.39, 0.29) is 0 Å². The van der Waals surface area contributed by atoms with Crippen LogP contribution in [0, 0.1) is 0 Å². The predicted octanol–water partition coefficient (Wildman–Crippen LogP) is 5.11. The monoisotopic (exact) mass is 324 g/mol. The van der Waals surface area contributed by atoms with Gasteiger partial charge in [0.25, 0.3) is 0 Å². The van der Waals surface area contributed by atoms with Crippen LogP contribution in [0.2, 0.25) is 0 Å². The molecule has 0 aliphatic heterocycles. The molecule has 0 saturated heterocycles. The molecule has 16 heavy (non-hydrogen) atoms. The predicted molar refractivity (Wildman–Crippen MR) is 82.8 cm³/mol. The summed E-state index contributed by atoms with van der Waals surface area (Å²) in [7, 11) is 0. The van der Waals surface area contributed by atoms with E-state index < -0.39 is 0 Å². The molecule has 0 saturated carbocycles. The Morgan fingerprint density at radius 2 is 1.75 bits per heavy atom. The molecule has 0 N–H and O–H groups in total. The minimum atomic E-state index is 0.941. The van der Waals surface area contributed by atoms with Gasteiger partial charge in [0.05, 0.1) is 0 Å². The van der Waals surface area contributed by atoms with Crippen LogP contribution in [0.3, 0.4) is 0 Å².